The van der Waals surface area contributed by atoms with Gasteiger partial charge < -0.3 is 10.6 Å². The van der Waals surface area contributed by atoms with Crippen molar-refractivity contribution in [2.24, 2.45) is 0 Å². The van der Waals surface area contributed by atoms with E-state index in [0.717, 1.165) is 5.39 Å². The summed E-state index contributed by atoms with van der Waals surface area (Å²) >= 11 is 0. The van der Waals surface area contributed by atoms with Gasteiger partial charge in [-0.25, -0.2) is 9.97 Å². The Labute approximate surface area is 120 Å². The molecule has 0 saturated heterocycles. The van der Waals surface area contributed by atoms with Gasteiger partial charge in [0.05, 0.1) is 12.1 Å². The molecule has 3 rings (SSSR count). The van der Waals surface area contributed by atoms with Crippen molar-refractivity contribution in [3.8, 4) is 0 Å². The van der Waals surface area contributed by atoms with E-state index >= 15 is 0 Å². The summed E-state index contributed by atoms with van der Waals surface area (Å²) in [5.74, 6) is 0.392. The van der Waals surface area contributed by atoms with E-state index in [4.69, 9.17) is 5.73 Å². The molecule has 0 saturated carbocycles. The first-order chi connectivity index (χ1) is 10.1. The van der Waals surface area contributed by atoms with Gasteiger partial charge in [0.1, 0.15) is 17.8 Å². The third-order valence-electron chi connectivity index (χ3n) is 3.17. The maximum atomic E-state index is 12.4. The summed E-state index contributed by atoms with van der Waals surface area (Å²) in [6.07, 6.45) is 1.40. The van der Waals surface area contributed by atoms with E-state index in [2.05, 4.69) is 20.2 Å². The Bertz CT molecular complexity index is 783. The second-order valence-electron chi connectivity index (χ2n) is 4.71. The van der Waals surface area contributed by atoms with Crippen LogP contribution in [0, 0.1) is 0 Å². The molecule has 2 heterocycles. The number of carbonyl (C=O) groups excluding carboxylic acids is 1. The SMILES string of the molecule is CN(Cc1ncn[nH]1)C(=O)c1cc(N)c2ccccc2n1. The van der Waals surface area contributed by atoms with Crippen LogP contribution >= 0.6 is 0 Å². The van der Waals surface area contributed by atoms with Gasteiger partial charge in [0.2, 0.25) is 0 Å². The van der Waals surface area contributed by atoms with Crippen molar-refractivity contribution >= 4 is 22.5 Å². The number of nitrogens with one attached hydrogen (secondary N) is 1. The van der Waals surface area contributed by atoms with Crippen LogP contribution in [0.25, 0.3) is 10.9 Å². The van der Waals surface area contributed by atoms with Crippen LogP contribution in [0.15, 0.2) is 36.7 Å². The number of hydrogen-bond donors (Lipinski definition) is 2. The molecular weight excluding hydrogens is 268 g/mol. The molecule has 0 radical (unpaired) electrons. The Kier molecular flexibility index (Phi) is 3.23. The number of hydrogen-bond acceptors (Lipinski definition) is 5. The number of aromatic amines is 1. The van der Waals surface area contributed by atoms with Gasteiger partial charge in [-0.1, -0.05) is 18.2 Å². The number of rotatable bonds is 3. The average molecular weight is 282 g/mol. The minimum absolute atomic E-state index is 0.219. The molecule has 106 valence electrons. The highest BCUT2D eigenvalue weighted by molar-refractivity contribution is 5.99. The summed E-state index contributed by atoms with van der Waals surface area (Å²) in [7, 11) is 1.68. The molecule has 7 heteroatoms. The summed E-state index contributed by atoms with van der Waals surface area (Å²) in [6, 6.07) is 9.06. The Morgan fingerprint density at radius 2 is 2.19 bits per heavy atom. The van der Waals surface area contributed by atoms with E-state index in [0.29, 0.717) is 29.3 Å². The highest BCUT2D eigenvalue weighted by Gasteiger charge is 2.16. The second kappa shape index (κ2) is 5.20. The molecule has 0 aliphatic carbocycles. The molecule has 0 bridgehead atoms. The van der Waals surface area contributed by atoms with Crippen LogP contribution in [0.5, 0.6) is 0 Å². The fourth-order valence-electron chi connectivity index (χ4n) is 2.11. The van der Waals surface area contributed by atoms with Crippen molar-refractivity contribution in [1.29, 1.82) is 0 Å². The van der Waals surface area contributed by atoms with Crippen LogP contribution in [0.3, 0.4) is 0 Å². The zero-order valence-corrected chi connectivity index (χ0v) is 11.4. The summed E-state index contributed by atoms with van der Waals surface area (Å²) in [5, 5.41) is 7.31. The molecule has 1 amide bonds. The molecule has 7 nitrogen and oxygen atoms in total. The van der Waals surface area contributed by atoms with Crippen molar-refractivity contribution in [2.45, 2.75) is 6.54 Å². The summed E-state index contributed by atoms with van der Waals surface area (Å²) in [5.41, 5.74) is 7.55. The van der Waals surface area contributed by atoms with E-state index in [9.17, 15) is 4.79 Å². The Morgan fingerprint density at radius 1 is 1.38 bits per heavy atom. The van der Waals surface area contributed by atoms with Gasteiger partial charge in [-0.15, -0.1) is 0 Å². The van der Waals surface area contributed by atoms with Crippen LogP contribution in [0.2, 0.25) is 0 Å². The molecule has 3 aromatic rings. The van der Waals surface area contributed by atoms with Gasteiger partial charge in [-0.05, 0) is 12.1 Å². The molecule has 1 aromatic carbocycles. The highest BCUT2D eigenvalue weighted by Crippen LogP contribution is 2.20. The molecule has 0 unspecified atom stereocenters. The lowest BCUT2D eigenvalue weighted by Crippen LogP contribution is -2.27. The molecule has 0 aliphatic heterocycles. The Balaban J connectivity index is 1.90. The predicted octanol–water partition coefficient (Wildman–Crippen LogP) is 1.21. The smallest absolute Gasteiger partial charge is 0.272 e. The number of nitrogen functional groups attached to an aromatic ring is 1. The number of para-hydroxylation sites is 1. The van der Waals surface area contributed by atoms with Crippen LogP contribution in [-0.4, -0.2) is 38.0 Å². The predicted molar refractivity (Wildman–Crippen MR) is 78.3 cm³/mol. The molecule has 0 aliphatic rings. The van der Waals surface area contributed by atoms with Crippen molar-refractivity contribution in [3.05, 3.63) is 48.2 Å². The molecule has 0 atom stereocenters. The zero-order chi connectivity index (χ0) is 14.8. The number of nitrogens with two attached hydrogens (primary N) is 1. The number of anilines is 1. The van der Waals surface area contributed by atoms with Crippen LogP contribution in [-0.2, 0) is 6.54 Å². The maximum absolute atomic E-state index is 12.4. The zero-order valence-electron chi connectivity index (χ0n) is 11.4. The summed E-state index contributed by atoms with van der Waals surface area (Å²) < 4.78 is 0. The van der Waals surface area contributed by atoms with Crippen LogP contribution in [0.1, 0.15) is 16.3 Å². The van der Waals surface area contributed by atoms with Crippen molar-refractivity contribution in [2.75, 3.05) is 12.8 Å². The summed E-state index contributed by atoms with van der Waals surface area (Å²) in [4.78, 5) is 22.3. The van der Waals surface area contributed by atoms with Gasteiger partial charge in [0.25, 0.3) is 5.91 Å². The second-order valence-corrected chi connectivity index (χ2v) is 4.71. The molecular formula is C14H14N6O. The largest absolute Gasteiger partial charge is 0.398 e. The maximum Gasteiger partial charge on any atom is 0.272 e. The number of benzene rings is 1. The van der Waals surface area contributed by atoms with E-state index in [1.165, 1.54) is 11.2 Å². The van der Waals surface area contributed by atoms with E-state index in [-0.39, 0.29) is 5.91 Å². The normalized spacial score (nSPS) is 10.7. The van der Waals surface area contributed by atoms with E-state index in [1.54, 1.807) is 13.1 Å². The quantitative estimate of drug-likeness (QED) is 0.752. The van der Waals surface area contributed by atoms with Gasteiger partial charge in [0.15, 0.2) is 0 Å². The minimum Gasteiger partial charge on any atom is -0.398 e. The minimum atomic E-state index is -0.219. The van der Waals surface area contributed by atoms with E-state index in [1.807, 2.05) is 24.3 Å². The van der Waals surface area contributed by atoms with Crippen LogP contribution in [0.4, 0.5) is 5.69 Å². The number of fused-ring (bicyclic) bond motifs is 1. The number of H-pyrrole nitrogens is 1. The molecule has 2 aromatic heterocycles. The first-order valence-electron chi connectivity index (χ1n) is 6.40. The van der Waals surface area contributed by atoms with E-state index < -0.39 is 0 Å². The topological polar surface area (TPSA) is 101 Å². The third-order valence-corrected chi connectivity index (χ3v) is 3.17. The monoisotopic (exact) mass is 282 g/mol. The van der Waals surface area contributed by atoms with Crippen molar-refractivity contribution in [1.82, 2.24) is 25.1 Å². The van der Waals surface area contributed by atoms with Crippen molar-refractivity contribution in [3.63, 3.8) is 0 Å². The molecule has 3 N–H and O–H groups in total. The van der Waals surface area contributed by atoms with Gasteiger partial charge in [-0.2, -0.15) is 5.10 Å². The van der Waals surface area contributed by atoms with Gasteiger partial charge in [-0.3, -0.25) is 9.89 Å². The number of aromatic nitrogens is 4. The number of amides is 1. The lowest BCUT2D eigenvalue weighted by Gasteiger charge is -2.15. The average Bonchev–Trinajstić information content (AvgIpc) is 2.99. The first-order valence-corrected chi connectivity index (χ1v) is 6.40. The number of pyridine rings is 1. The highest BCUT2D eigenvalue weighted by atomic mass is 16.2. The summed E-state index contributed by atoms with van der Waals surface area (Å²) in [6.45, 7) is 0.327. The third kappa shape index (κ3) is 2.53. The fourth-order valence-corrected chi connectivity index (χ4v) is 2.11. The lowest BCUT2D eigenvalue weighted by atomic mass is 10.1. The lowest BCUT2D eigenvalue weighted by molar-refractivity contribution is 0.0776. The first kappa shape index (κ1) is 13.0. The Hall–Kier alpha value is -2.96. The van der Waals surface area contributed by atoms with Crippen LogP contribution < -0.4 is 5.73 Å². The van der Waals surface area contributed by atoms with Gasteiger partial charge in [0, 0.05) is 18.1 Å². The van der Waals surface area contributed by atoms with Crippen molar-refractivity contribution < 1.29 is 4.79 Å². The standard InChI is InChI=1S/C14H14N6O/c1-20(7-13-16-8-17-19-13)14(21)12-6-10(15)9-4-2-3-5-11(9)18-12/h2-6,8H,7H2,1H3,(H2,15,18)(H,16,17,19). The molecule has 0 fully saturated rings. The van der Waals surface area contributed by atoms with Gasteiger partial charge >= 0.3 is 0 Å². The molecule has 0 spiro atoms. The number of carbonyl (C=O) groups is 1. The molecule has 21 heavy (non-hydrogen) atoms. The fraction of sp³-hybridized carbons (Fsp3) is 0.143. The number of nitrogens with zero attached hydrogens (tertiary/aromatic N) is 4. The Morgan fingerprint density at radius 3 is 2.95 bits per heavy atom.